The van der Waals surface area contributed by atoms with Crippen molar-refractivity contribution in [2.75, 3.05) is 0 Å². The molecule has 4 heteroatoms. The topological polar surface area (TPSA) is 38.0 Å². The van der Waals surface area contributed by atoms with Crippen LogP contribution in [0.5, 0.6) is 0 Å². The maximum Gasteiger partial charge on any atom is 0.263 e. The Bertz CT molecular complexity index is 200. The predicted octanol–water partition coefficient (Wildman–Crippen LogP) is 1.64. The van der Waals surface area contributed by atoms with E-state index in [0.29, 0.717) is 6.42 Å². The third kappa shape index (κ3) is 2.06. The molecule has 0 spiro atoms. The molecule has 0 aliphatic heterocycles. The monoisotopic (exact) mass is 204 g/mol. The molecule has 2 aliphatic carbocycles. The van der Waals surface area contributed by atoms with E-state index in [0.717, 1.165) is 25.7 Å². The molecule has 0 bridgehead atoms. The van der Waals surface area contributed by atoms with Gasteiger partial charge in [-0.3, -0.25) is 0 Å². The Morgan fingerprint density at radius 3 is 2.14 bits per heavy atom. The van der Waals surface area contributed by atoms with E-state index in [4.69, 9.17) is 5.73 Å². The molecule has 2 aliphatic rings. The van der Waals surface area contributed by atoms with Crippen LogP contribution in [0, 0.1) is 0 Å². The van der Waals surface area contributed by atoms with Crippen molar-refractivity contribution >= 4 is 0 Å². The first-order chi connectivity index (χ1) is 6.58. The van der Waals surface area contributed by atoms with Crippen LogP contribution in [-0.2, 0) is 0 Å². The molecule has 1 unspecified atom stereocenters. The molecule has 2 rings (SSSR count). The van der Waals surface area contributed by atoms with Crippen molar-refractivity contribution in [1.82, 2.24) is 5.32 Å². The fourth-order valence-electron chi connectivity index (χ4n) is 2.28. The number of rotatable bonds is 2. The van der Waals surface area contributed by atoms with Gasteiger partial charge in [0.25, 0.3) is 5.92 Å². The third-order valence-corrected chi connectivity index (χ3v) is 3.48. The van der Waals surface area contributed by atoms with Crippen molar-refractivity contribution in [2.24, 2.45) is 5.73 Å². The molecule has 0 aromatic heterocycles. The van der Waals surface area contributed by atoms with E-state index >= 15 is 0 Å². The highest BCUT2D eigenvalue weighted by Crippen LogP contribution is 2.38. The minimum absolute atomic E-state index is 0.0525. The maximum atomic E-state index is 12.9. The van der Waals surface area contributed by atoms with E-state index in [1.54, 1.807) is 0 Å². The number of nitrogens with one attached hydrogen (secondary N) is 1. The van der Waals surface area contributed by atoms with Crippen molar-refractivity contribution in [3.8, 4) is 0 Å². The van der Waals surface area contributed by atoms with Gasteiger partial charge in [-0.05, 0) is 32.1 Å². The second kappa shape index (κ2) is 3.74. The van der Waals surface area contributed by atoms with Crippen LogP contribution in [0.3, 0.4) is 0 Å². The molecule has 82 valence electrons. The van der Waals surface area contributed by atoms with Crippen LogP contribution in [0.1, 0.15) is 38.5 Å². The Hall–Kier alpha value is -0.220. The van der Waals surface area contributed by atoms with Crippen molar-refractivity contribution in [2.45, 2.75) is 62.6 Å². The summed E-state index contributed by atoms with van der Waals surface area (Å²) in [5.74, 6) is -2.46. The molecule has 2 fully saturated rings. The van der Waals surface area contributed by atoms with E-state index in [-0.39, 0.29) is 18.5 Å². The molecule has 0 aromatic carbocycles. The SMILES string of the molecule is NC1CCC(NC2CCC2(F)F)CC1. The fourth-order valence-corrected chi connectivity index (χ4v) is 2.28. The van der Waals surface area contributed by atoms with E-state index in [9.17, 15) is 8.78 Å². The lowest BCUT2D eigenvalue weighted by Crippen LogP contribution is -2.57. The summed E-state index contributed by atoms with van der Waals surface area (Å²) in [6.07, 6.45) is 4.51. The third-order valence-electron chi connectivity index (χ3n) is 3.48. The maximum absolute atomic E-state index is 12.9. The normalized spacial score (nSPS) is 41.8. The average molecular weight is 204 g/mol. The van der Waals surface area contributed by atoms with Crippen molar-refractivity contribution in [3.05, 3.63) is 0 Å². The Morgan fingerprint density at radius 1 is 1.07 bits per heavy atom. The molecule has 0 amide bonds. The molecule has 2 saturated carbocycles. The van der Waals surface area contributed by atoms with Gasteiger partial charge < -0.3 is 11.1 Å². The number of hydrogen-bond acceptors (Lipinski definition) is 2. The molecule has 2 nitrogen and oxygen atoms in total. The van der Waals surface area contributed by atoms with Crippen LogP contribution in [0.15, 0.2) is 0 Å². The summed E-state index contributed by atoms with van der Waals surface area (Å²) in [7, 11) is 0. The van der Waals surface area contributed by atoms with Crippen molar-refractivity contribution < 1.29 is 8.78 Å². The quantitative estimate of drug-likeness (QED) is 0.717. The zero-order chi connectivity index (χ0) is 10.2. The molecule has 0 saturated heterocycles. The summed E-state index contributed by atoms with van der Waals surface area (Å²) >= 11 is 0. The second-order valence-corrected chi connectivity index (χ2v) is 4.63. The van der Waals surface area contributed by atoms with Crippen LogP contribution in [0.25, 0.3) is 0 Å². The minimum Gasteiger partial charge on any atom is -0.328 e. The van der Waals surface area contributed by atoms with Gasteiger partial charge in [0.2, 0.25) is 0 Å². The van der Waals surface area contributed by atoms with Crippen LogP contribution < -0.4 is 11.1 Å². The molecule has 1 atom stereocenters. The van der Waals surface area contributed by atoms with E-state index in [2.05, 4.69) is 5.32 Å². The summed E-state index contributed by atoms with van der Waals surface area (Å²) < 4.78 is 25.9. The van der Waals surface area contributed by atoms with Crippen LogP contribution in [-0.4, -0.2) is 24.0 Å². The molecule has 0 aromatic rings. The largest absolute Gasteiger partial charge is 0.328 e. The van der Waals surface area contributed by atoms with E-state index in [1.165, 1.54) is 0 Å². The molecule has 0 radical (unpaired) electrons. The highest BCUT2D eigenvalue weighted by molar-refractivity contribution is 4.96. The first kappa shape index (κ1) is 10.3. The van der Waals surface area contributed by atoms with Gasteiger partial charge in [-0.2, -0.15) is 0 Å². The zero-order valence-electron chi connectivity index (χ0n) is 8.31. The van der Waals surface area contributed by atoms with Gasteiger partial charge in [-0.25, -0.2) is 8.78 Å². The van der Waals surface area contributed by atoms with E-state index in [1.807, 2.05) is 0 Å². The van der Waals surface area contributed by atoms with Crippen molar-refractivity contribution in [1.29, 1.82) is 0 Å². The van der Waals surface area contributed by atoms with E-state index < -0.39 is 12.0 Å². The lowest BCUT2D eigenvalue weighted by atomic mass is 9.84. The number of nitrogens with two attached hydrogens (primary N) is 1. The van der Waals surface area contributed by atoms with Gasteiger partial charge in [0, 0.05) is 18.5 Å². The standard InChI is InChI=1S/C10H18F2N2/c11-10(12)6-5-9(10)14-8-3-1-7(13)2-4-8/h7-9,14H,1-6,13H2. The summed E-state index contributed by atoms with van der Waals surface area (Å²) in [6, 6.07) is -0.0113. The fraction of sp³-hybridized carbons (Fsp3) is 1.00. The molecule has 0 heterocycles. The number of alkyl halides is 2. The number of hydrogen-bond donors (Lipinski definition) is 2. The van der Waals surface area contributed by atoms with Gasteiger partial charge in [-0.15, -0.1) is 0 Å². The lowest BCUT2D eigenvalue weighted by Gasteiger charge is -2.40. The predicted molar refractivity (Wildman–Crippen MR) is 51.3 cm³/mol. The summed E-state index contributed by atoms with van der Waals surface area (Å²) in [5.41, 5.74) is 5.75. The second-order valence-electron chi connectivity index (χ2n) is 4.63. The average Bonchev–Trinajstić information content (AvgIpc) is 2.15. The minimum atomic E-state index is -2.46. The smallest absolute Gasteiger partial charge is 0.263 e. The highest BCUT2D eigenvalue weighted by Gasteiger charge is 2.48. The van der Waals surface area contributed by atoms with Gasteiger partial charge in [0.15, 0.2) is 0 Å². The Balaban J connectivity index is 1.76. The van der Waals surface area contributed by atoms with Crippen LogP contribution >= 0.6 is 0 Å². The molecular weight excluding hydrogens is 186 g/mol. The van der Waals surface area contributed by atoms with Crippen LogP contribution in [0.2, 0.25) is 0 Å². The Kier molecular flexibility index (Phi) is 2.75. The number of halogens is 2. The highest BCUT2D eigenvalue weighted by atomic mass is 19.3. The molecular formula is C10H18F2N2. The summed E-state index contributed by atoms with van der Waals surface area (Å²) in [4.78, 5) is 0. The van der Waals surface area contributed by atoms with Gasteiger partial charge in [-0.1, -0.05) is 0 Å². The zero-order valence-corrected chi connectivity index (χ0v) is 8.31. The van der Waals surface area contributed by atoms with Gasteiger partial charge in [0.05, 0.1) is 6.04 Å². The van der Waals surface area contributed by atoms with Crippen molar-refractivity contribution in [3.63, 3.8) is 0 Å². The molecule has 14 heavy (non-hydrogen) atoms. The summed E-state index contributed by atoms with van der Waals surface area (Å²) in [6.45, 7) is 0. The Labute approximate surface area is 83.2 Å². The summed E-state index contributed by atoms with van der Waals surface area (Å²) in [5, 5.41) is 3.06. The first-order valence-electron chi connectivity index (χ1n) is 5.47. The Morgan fingerprint density at radius 2 is 1.71 bits per heavy atom. The lowest BCUT2D eigenvalue weighted by molar-refractivity contribution is -0.109. The molecule has 3 N–H and O–H groups in total. The van der Waals surface area contributed by atoms with Crippen LogP contribution in [0.4, 0.5) is 8.78 Å². The first-order valence-corrected chi connectivity index (χ1v) is 5.47. The van der Waals surface area contributed by atoms with Gasteiger partial charge in [0.1, 0.15) is 0 Å². The van der Waals surface area contributed by atoms with Gasteiger partial charge >= 0.3 is 0 Å².